The van der Waals surface area contributed by atoms with Crippen molar-refractivity contribution in [2.75, 3.05) is 0 Å². The molecular weight excluding hydrogens is 369 g/mol. The number of hydrogen-bond acceptors (Lipinski definition) is 2. The van der Waals surface area contributed by atoms with E-state index >= 15 is 0 Å². The molecule has 4 rings (SSSR count). The molecule has 1 saturated heterocycles. The second kappa shape index (κ2) is 7.54. The number of rotatable bonds is 5. The lowest BCUT2D eigenvalue weighted by molar-refractivity contribution is -0.123. The number of para-hydroxylation sites is 1. The van der Waals surface area contributed by atoms with Crippen LogP contribution >= 0.6 is 0 Å². The largest absolute Gasteiger partial charge is 0.344 e. The number of urea groups is 1. The fourth-order valence-electron chi connectivity index (χ4n) is 3.58. The predicted octanol–water partition coefficient (Wildman–Crippen LogP) is 4.84. The standard InChI is InChI=1S/C23H22FN3O2/c1-3-15(2)26-14-17(18-9-5-7-11-21(18)26)12-20-22(28)27(23(29)25-20)13-16-8-4-6-10-19(16)24/h4-12,14-15H,3,13H2,1-2H3,(H,25,29)/b20-12+/t15-/m1/s1. The number of fused-ring (bicyclic) bond motifs is 1. The van der Waals surface area contributed by atoms with Crippen LogP contribution in [0.2, 0.25) is 0 Å². The van der Waals surface area contributed by atoms with Gasteiger partial charge < -0.3 is 9.88 Å². The molecule has 0 spiro atoms. The zero-order chi connectivity index (χ0) is 20.5. The number of imide groups is 1. The number of carbonyl (C=O) groups is 2. The summed E-state index contributed by atoms with van der Waals surface area (Å²) < 4.78 is 16.1. The topological polar surface area (TPSA) is 54.3 Å². The lowest BCUT2D eigenvalue weighted by atomic mass is 10.1. The van der Waals surface area contributed by atoms with Gasteiger partial charge in [-0.25, -0.2) is 9.18 Å². The summed E-state index contributed by atoms with van der Waals surface area (Å²) in [5, 5.41) is 3.64. The van der Waals surface area contributed by atoms with E-state index in [0.29, 0.717) is 11.6 Å². The van der Waals surface area contributed by atoms with Gasteiger partial charge in [0.25, 0.3) is 5.91 Å². The highest BCUT2D eigenvalue weighted by Gasteiger charge is 2.34. The lowest BCUT2D eigenvalue weighted by Gasteiger charge is -2.12. The molecular formula is C23H22FN3O2. The second-order valence-corrected chi connectivity index (χ2v) is 7.24. The Morgan fingerprint density at radius 3 is 2.59 bits per heavy atom. The van der Waals surface area contributed by atoms with Crippen LogP contribution in [0.4, 0.5) is 9.18 Å². The first-order valence-electron chi connectivity index (χ1n) is 9.67. The highest BCUT2D eigenvalue weighted by molar-refractivity contribution is 6.14. The zero-order valence-electron chi connectivity index (χ0n) is 16.4. The van der Waals surface area contributed by atoms with Crippen molar-refractivity contribution in [3.63, 3.8) is 0 Å². The molecule has 5 nitrogen and oxygen atoms in total. The molecule has 29 heavy (non-hydrogen) atoms. The highest BCUT2D eigenvalue weighted by atomic mass is 19.1. The van der Waals surface area contributed by atoms with Crippen LogP contribution in [0.5, 0.6) is 0 Å². The highest BCUT2D eigenvalue weighted by Crippen LogP contribution is 2.28. The average molecular weight is 391 g/mol. The molecule has 0 saturated carbocycles. The maximum absolute atomic E-state index is 13.9. The minimum absolute atomic E-state index is 0.108. The van der Waals surface area contributed by atoms with Crippen molar-refractivity contribution in [2.45, 2.75) is 32.9 Å². The number of halogens is 1. The molecule has 1 atom stereocenters. The Hall–Kier alpha value is -3.41. The second-order valence-electron chi connectivity index (χ2n) is 7.24. The third-order valence-electron chi connectivity index (χ3n) is 5.39. The molecule has 1 aromatic heterocycles. The van der Waals surface area contributed by atoms with Gasteiger partial charge in [-0.1, -0.05) is 43.3 Å². The molecule has 1 fully saturated rings. The number of benzene rings is 2. The first kappa shape index (κ1) is 18.9. The van der Waals surface area contributed by atoms with Crippen molar-refractivity contribution in [3.05, 3.63) is 77.4 Å². The minimum atomic E-state index is -0.546. The molecule has 0 unspecified atom stereocenters. The monoisotopic (exact) mass is 391 g/mol. The average Bonchev–Trinajstić information content (AvgIpc) is 3.22. The van der Waals surface area contributed by atoms with Gasteiger partial charge in [-0.2, -0.15) is 0 Å². The van der Waals surface area contributed by atoms with Crippen molar-refractivity contribution in [1.29, 1.82) is 0 Å². The molecule has 1 N–H and O–H groups in total. The van der Waals surface area contributed by atoms with Gasteiger partial charge in [0.2, 0.25) is 0 Å². The van der Waals surface area contributed by atoms with Crippen LogP contribution in [-0.2, 0) is 11.3 Å². The van der Waals surface area contributed by atoms with Gasteiger partial charge in [-0.3, -0.25) is 9.69 Å². The minimum Gasteiger partial charge on any atom is -0.344 e. The molecule has 2 aromatic carbocycles. The Labute approximate surface area is 168 Å². The summed E-state index contributed by atoms with van der Waals surface area (Å²) in [6, 6.07) is 13.9. The molecule has 0 aliphatic carbocycles. The Bertz CT molecular complexity index is 1130. The third-order valence-corrected chi connectivity index (χ3v) is 5.39. The fraction of sp³-hybridized carbons (Fsp3) is 0.217. The lowest BCUT2D eigenvalue weighted by Crippen LogP contribution is -2.30. The predicted molar refractivity (Wildman–Crippen MR) is 110 cm³/mol. The van der Waals surface area contributed by atoms with Crippen LogP contribution < -0.4 is 5.32 Å². The van der Waals surface area contributed by atoms with Crippen LogP contribution in [-0.4, -0.2) is 21.4 Å². The van der Waals surface area contributed by atoms with Crippen molar-refractivity contribution in [1.82, 2.24) is 14.8 Å². The van der Waals surface area contributed by atoms with Crippen LogP contribution in [0.1, 0.15) is 37.4 Å². The Morgan fingerprint density at radius 1 is 1.10 bits per heavy atom. The molecule has 148 valence electrons. The molecule has 3 aromatic rings. The molecule has 1 aliphatic rings. The molecule has 6 heteroatoms. The summed E-state index contributed by atoms with van der Waals surface area (Å²) in [5.41, 5.74) is 2.43. The fourth-order valence-corrected chi connectivity index (χ4v) is 3.58. The Kier molecular flexibility index (Phi) is 4.92. The van der Waals surface area contributed by atoms with E-state index in [1.54, 1.807) is 24.3 Å². The van der Waals surface area contributed by atoms with E-state index in [9.17, 15) is 14.0 Å². The number of nitrogens with one attached hydrogen (secondary N) is 1. The van der Waals surface area contributed by atoms with E-state index in [1.165, 1.54) is 6.07 Å². The van der Waals surface area contributed by atoms with Crippen LogP contribution in [0.3, 0.4) is 0 Å². The van der Waals surface area contributed by atoms with Gasteiger partial charge in [0, 0.05) is 34.3 Å². The zero-order valence-corrected chi connectivity index (χ0v) is 16.4. The quantitative estimate of drug-likeness (QED) is 0.500. The summed E-state index contributed by atoms with van der Waals surface area (Å²) in [6.45, 7) is 4.16. The molecule has 1 aliphatic heterocycles. The number of nitrogens with zero attached hydrogens (tertiary/aromatic N) is 2. The summed E-state index contributed by atoms with van der Waals surface area (Å²) in [7, 11) is 0. The Balaban J connectivity index is 1.68. The molecule has 0 radical (unpaired) electrons. The number of aromatic nitrogens is 1. The van der Waals surface area contributed by atoms with Gasteiger partial charge in [0.15, 0.2) is 0 Å². The van der Waals surface area contributed by atoms with Crippen LogP contribution in [0, 0.1) is 5.82 Å². The van der Waals surface area contributed by atoms with Crippen molar-refractivity contribution >= 4 is 28.9 Å². The van der Waals surface area contributed by atoms with Gasteiger partial charge in [-0.05, 0) is 31.6 Å². The molecule has 2 heterocycles. The van der Waals surface area contributed by atoms with Crippen LogP contribution in [0.25, 0.3) is 17.0 Å². The third kappa shape index (κ3) is 3.42. The van der Waals surface area contributed by atoms with E-state index < -0.39 is 17.8 Å². The molecule has 3 amide bonds. The van der Waals surface area contributed by atoms with Gasteiger partial charge in [-0.15, -0.1) is 0 Å². The normalized spacial score (nSPS) is 16.7. The smallest absolute Gasteiger partial charge is 0.329 e. The van der Waals surface area contributed by atoms with E-state index in [2.05, 4.69) is 23.7 Å². The summed E-state index contributed by atoms with van der Waals surface area (Å²) in [5.74, 6) is -0.902. The maximum Gasteiger partial charge on any atom is 0.329 e. The van der Waals surface area contributed by atoms with Crippen molar-refractivity contribution < 1.29 is 14.0 Å². The first-order valence-corrected chi connectivity index (χ1v) is 9.67. The first-order chi connectivity index (χ1) is 14.0. The number of hydrogen-bond donors (Lipinski definition) is 1. The molecule has 0 bridgehead atoms. The van der Waals surface area contributed by atoms with Crippen molar-refractivity contribution in [2.24, 2.45) is 0 Å². The Morgan fingerprint density at radius 2 is 1.83 bits per heavy atom. The SMILES string of the molecule is CC[C@@H](C)n1cc(/C=C2/NC(=O)N(Cc3ccccc3F)C2=O)c2ccccc21. The van der Waals surface area contributed by atoms with E-state index in [-0.39, 0.29) is 12.2 Å². The summed E-state index contributed by atoms with van der Waals surface area (Å²) in [6.07, 6.45) is 4.67. The van der Waals surface area contributed by atoms with Gasteiger partial charge in [0.1, 0.15) is 11.5 Å². The van der Waals surface area contributed by atoms with Gasteiger partial charge in [0.05, 0.1) is 6.54 Å². The number of amides is 3. The van der Waals surface area contributed by atoms with E-state index in [1.807, 2.05) is 30.5 Å². The summed E-state index contributed by atoms with van der Waals surface area (Å²) in [4.78, 5) is 26.2. The maximum atomic E-state index is 13.9. The van der Waals surface area contributed by atoms with Crippen molar-refractivity contribution in [3.8, 4) is 0 Å². The van der Waals surface area contributed by atoms with Gasteiger partial charge >= 0.3 is 6.03 Å². The van der Waals surface area contributed by atoms with E-state index in [0.717, 1.165) is 27.8 Å². The summed E-state index contributed by atoms with van der Waals surface area (Å²) >= 11 is 0. The van der Waals surface area contributed by atoms with E-state index in [4.69, 9.17) is 0 Å². The van der Waals surface area contributed by atoms with Crippen LogP contribution in [0.15, 0.2) is 60.4 Å². The number of carbonyl (C=O) groups excluding carboxylic acids is 2.